The van der Waals surface area contributed by atoms with Gasteiger partial charge >= 0.3 is 0 Å². The maximum absolute atomic E-state index is 3.35. The molecule has 1 fully saturated rings. The maximum atomic E-state index is 3.35. The van der Waals surface area contributed by atoms with Gasteiger partial charge in [0, 0.05) is 6.54 Å². The van der Waals surface area contributed by atoms with E-state index in [9.17, 15) is 0 Å². The molecule has 2 N–H and O–H groups in total. The van der Waals surface area contributed by atoms with Crippen LogP contribution in [0.25, 0.3) is 0 Å². The van der Waals surface area contributed by atoms with E-state index < -0.39 is 0 Å². The molecule has 1 heterocycles. The van der Waals surface area contributed by atoms with Crippen LogP contribution in [-0.2, 0) is 0 Å². The standard InChI is InChI=1S/C7H15N2/c1-2-5-8-7-4-3-6-9-7/h5,7-9H,2-4,6H2,1H3. The molecule has 9 heavy (non-hydrogen) atoms. The maximum Gasteiger partial charge on any atom is 0.0574 e. The summed E-state index contributed by atoms with van der Waals surface area (Å²) in [5.74, 6) is 0. The Kier molecular flexibility index (Phi) is 3.01. The lowest BCUT2D eigenvalue weighted by atomic mass is 10.3. The second-order valence-corrected chi connectivity index (χ2v) is 2.43. The molecule has 1 atom stereocenters. The fourth-order valence-electron chi connectivity index (χ4n) is 1.09. The molecule has 2 nitrogen and oxygen atoms in total. The van der Waals surface area contributed by atoms with Crippen molar-refractivity contribution in [3.63, 3.8) is 0 Å². The Morgan fingerprint density at radius 3 is 3.22 bits per heavy atom. The van der Waals surface area contributed by atoms with Crippen molar-refractivity contribution in [1.29, 1.82) is 0 Å². The molecule has 0 aromatic heterocycles. The number of nitrogens with one attached hydrogen (secondary N) is 2. The smallest absolute Gasteiger partial charge is 0.0574 e. The van der Waals surface area contributed by atoms with Crippen LogP contribution in [0.4, 0.5) is 0 Å². The Balaban J connectivity index is 1.98. The molecule has 0 saturated carbocycles. The van der Waals surface area contributed by atoms with Crippen LogP contribution in [0.5, 0.6) is 0 Å². The van der Waals surface area contributed by atoms with E-state index >= 15 is 0 Å². The van der Waals surface area contributed by atoms with E-state index in [0.717, 1.165) is 6.42 Å². The molecule has 53 valence electrons. The summed E-state index contributed by atoms with van der Waals surface area (Å²) in [4.78, 5) is 0. The molecule has 2 heteroatoms. The molecule has 0 aromatic carbocycles. The first-order valence-corrected chi connectivity index (χ1v) is 3.74. The summed E-state index contributed by atoms with van der Waals surface area (Å²) in [5, 5.41) is 6.64. The van der Waals surface area contributed by atoms with Crippen LogP contribution in [0.15, 0.2) is 0 Å². The third-order valence-corrected chi connectivity index (χ3v) is 1.58. The Labute approximate surface area is 57.0 Å². The minimum absolute atomic E-state index is 0.560. The van der Waals surface area contributed by atoms with E-state index in [-0.39, 0.29) is 0 Å². The molecule has 0 aliphatic carbocycles. The lowest BCUT2D eigenvalue weighted by molar-refractivity contribution is 0.520. The monoisotopic (exact) mass is 127 g/mol. The second kappa shape index (κ2) is 3.85. The highest BCUT2D eigenvalue weighted by Crippen LogP contribution is 2.01. The summed E-state index contributed by atoms with van der Waals surface area (Å²) in [6, 6.07) is 0. The van der Waals surface area contributed by atoms with Gasteiger partial charge < -0.3 is 5.32 Å². The average Bonchev–Trinajstić information content (AvgIpc) is 2.34. The van der Waals surface area contributed by atoms with E-state index in [4.69, 9.17) is 0 Å². The van der Waals surface area contributed by atoms with Crippen molar-refractivity contribution in [2.75, 3.05) is 6.54 Å². The zero-order valence-corrected chi connectivity index (χ0v) is 5.98. The van der Waals surface area contributed by atoms with Crippen LogP contribution < -0.4 is 10.6 Å². The Hall–Kier alpha value is -0.0800. The molecule has 0 spiro atoms. The van der Waals surface area contributed by atoms with Gasteiger partial charge in [0.25, 0.3) is 0 Å². The van der Waals surface area contributed by atoms with Crippen LogP contribution >= 0.6 is 0 Å². The summed E-state index contributed by atoms with van der Waals surface area (Å²) in [6.45, 7) is 5.43. The van der Waals surface area contributed by atoms with Crippen LogP contribution in [0.1, 0.15) is 26.2 Å². The highest BCUT2D eigenvalue weighted by molar-refractivity contribution is 4.74. The van der Waals surface area contributed by atoms with Crippen molar-refractivity contribution in [2.24, 2.45) is 0 Å². The summed E-state index contributed by atoms with van der Waals surface area (Å²) >= 11 is 0. The Bertz CT molecular complexity index is 67.3. The molecular weight excluding hydrogens is 112 g/mol. The van der Waals surface area contributed by atoms with Crippen LogP contribution in [0.2, 0.25) is 0 Å². The largest absolute Gasteiger partial charge is 0.302 e. The molecule has 1 rings (SSSR count). The molecule has 1 radical (unpaired) electrons. The zero-order chi connectivity index (χ0) is 6.53. The minimum Gasteiger partial charge on any atom is -0.302 e. The van der Waals surface area contributed by atoms with Gasteiger partial charge in [-0.25, -0.2) is 0 Å². The van der Waals surface area contributed by atoms with Gasteiger partial charge in [0.15, 0.2) is 0 Å². The molecule has 1 unspecified atom stereocenters. The van der Waals surface area contributed by atoms with Gasteiger partial charge in [-0.2, -0.15) is 0 Å². The van der Waals surface area contributed by atoms with Crippen molar-refractivity contribution in [2.45, 2.75) is 32.4 Å². The molecule has 0 amide bonds. The third-order valence-electron chi connectivity index (χ3n) is 1.58. The van der Waals surface area contributed by atoms with E-state index in [1.165, 1.54) is 19.4 Å². The van der Waals surface area contributed by atoms with Crippen LogP contribution in [-0.4, -0.2) is 12.7 Å². The molecular formula is C7H15N2. The van der Waals surface area contributed by atoms with Gasteiger partial charge in [0.05, 0.1) is 6.17 Å². The fourth-order valence-corrected chi connectivity index (χ4v) is 1.09. The molecule has 1 aliphatic rings. The molecule has 0 bridgehead atoms. The topological polar surface area (TPSA) is 24.1 Å². The summed E-state index contributed by atoms with van der Waals surface area (Å²) in [5.41, 5.74) is 0. The quantitative estimate of drug-likeness (QED) is 0.587. The highest BCUT2D eigenvalue weighted by Gasteiger charge is 2.11. The molecule has 1 aliphatic heterocycles. The SMILES string of the molecule is CC[CH]NC1CCCN1. The minimum atomic E-state index is 0.560. The van der Waals surface area contributed by atoms with E-state index in [0.29, 0.717) is 6.17 Å². The highest BCUT2D eigenvalue weighted by atomic mass is 15.1. The van der Waals surface area contributed by atoms with E-state index in [1.54, 1.807) is 0 Å². The first-order valence-electron chi connectivity index (χ1n) is 3.74. The average molecular weight is 127 g/mol. The van der Waals surface area contributed by atoms with Gasteiger partial charge in [-0.15, -0.1) is 0 Å². The summed E-state index contributed by atoms with van der Waals surface area (Å²) in [7, 11) is 0. The molecule has 0 aromatic rings. The van der Waals surface area contributed by atoms with Crippen molar-refractivity contribution >= 4 is 0 Å². The van der Waals surface area contributed by atoms with Crippen molar-refractivity contribution < 1.29 is 0 Å². The lowest BCUT2D eigenvalue weighted by Gasteiger charge is -2.09. The summed E-state index contributed by atoms with van der Waals surface area (Å²) < 4.78 is 0. The number of hydrogen-bond donors (Lipinski definition) is 2. The predicted molar refractivity (Wildman–Crippen MR) is 38.8 cm³/mol. The second-order valence-electron chi connectivity index (χ2n) is 2.43. The molecule has 1 saturated heterocycles. The lowest BCUT2D eigenvalue weighted by Crippen LogP contribution is -2.35. The van der Waals surface area contributed by atoms with Crippen LogP contribution in [0, 0.1) is 6.54 Å². The van der Waals surface area contributed by atoms with Crippen molar-refractivity contribution in [1.82, 2.24) is 10.6 Å². The Morgan fingerprint density at radius 2 is 2.67 bits per heavy atom. The fraction of sp³-hybridized carbons (Fsp3) is 0.857. The normalized spacial score (nSPS) is 27.0. The van der Waals surface area contributed by atoms with E-state index in [1.807, 2.05) is 0 Å². The van der Waals surface area contributed by atoms with Crippen molar-refractivity contribution in [3.8, 4) is 0 Å². The predicted octanol–water partition coefficient (Wildman–Crippen LogP) is 0.857. The zero-order valence-electron chi connectivity index (χ0n) is 5.98. The van der Waals surface area contributed by atoms with Gasteiger partial charge in [-0.1, -0.05) is 6.92 Å². The number of hydrogen-bond acceptors (Lipinski definition) is 2. The van der Waals surface area contributed by atoms with Gasteiger partial charge in [0.1, 0.15) is 0 Å². The van der Waals surface area contributed by atoms with Gasteiger partial charge in [-0.3, -0.25) is 5.32 Å². The summed E-state index contributed by atoms with van der Waals surface area (Å²) in [6.07, 6.45) is 4.26. The van der Waals surface area contributed by atoms with Crippen molar-refractivity contribution in [3.05, 3.63) is 6.54 Å². The first kappa shape index (κ1) is 7.03. The number of rotatable bonds is 3. The van der Waals surface area contributed by atoms with Gasteiger partial charge in [0.2, 0.25) is 0 Å². The van der Waals surface area contributed by atoms with E-state index in [2.05, 4.69) is 24.1 Å². The Morgan fingerprint density at radius 1 is 1.78 bits per heavy atom. The first-order chi connectivity index (χ1) is 4.43. The third kappa shape index (κ3) is 2.33. The van der Waals surface area contributed by atoms with Gasteiger partial charge in [-0.05, 0) is 25.8 Å². The van der Waals surface area contributed by atoms with Crippen LogP contribution in [0.3, 0.4) is 0 Å².